The van der Waals surface area contributed by atoms with Crippen LogP contribution in [0, 0.1) is 0 Å². The second kappa shape index (κ2) is 6.26. The number of aryl methyl sites for hydroxylation is 1. The van der Waals surface area contributed by atoms with Gasteiger partial charge in [-0.2, -0.15) is 18.3 Å². The number of nitrogens with two attached hydrogens (primary N) is 1. The van der Waals surface area contributed by atoms with Crippen LogP contribution < -0.4 is 5.14 Å². The van der Waals surface area contributed by atoms with E-state index in [1.165, 1.54) is 31.3 Å². The predicted octanol–water partition coefficient (Wildman–Crippen LogP) is 3.42. The molecule has 0 radical (unpaired) electrons. The summed E-state index contributed by atoms with van der Waals surface area (Å²) in [6.45, 7) is 0. The van der Waals surface area contributed by atoms with Crippen LogP contribution in [-0.2, 0) is 23.2 Å². The lowest BCUT2D eigenvalue weighted by atomic mass is 9.98. The van der Waals surface area contributed by atoms with Crippen LogP contribution >= 0.6 is 0 Å². The molecular weight excluding hydrogens is 367 g/mol. The molecule has 1 aromatic heterocycles. The van der Waals surface area contributed by atoms with E-state index in [9.17, 15) is 21.6 Å². The van der Waals surface area contributed by atoms with Gasteiger partial charge in [0.1, 0.15) is 5.69 Å². The lowest BCUT2D eigenvalue weighted by molar-refractivity contribution is -0.143. The zero-order chi connectivity index (χ0) is 19.1. The van der Waals surface area contributed by atoms with Crippen molar-refractivity contribution in [3.8, 4) is 22.4 Å². The van der Waals surface area contributed by atoms with Gasteiger partial charge >= 0.3 is 6.18 Å². The van der Waals surface area contributed by atoms with Gasteiger partial charge in [-0.05, 0) is 17.7 Å². The zero-order valence-electron chi connectivity index (χ0n) is 13.5. The average Bonchev–Trinajstić information content (AvgIpc) is 2.92. The third kappa shape index (κ3) is 3.35. The van der Waals surface area contributed by atoms with Gasteiger partial charge in [-0.1, -0.05) is 42.5 Å². The Labute approximate surface area is 147 Å². The predicted molar refractivity (Wildman–Crippen MR) is 90.5 cm³/mol. The molecule has 0 saturated carbocycles. The second-order valence-electron chi connectivity index (χ2n) is 5.63. The van der Waals surface area contributed by atoms with Gasteiger partial charge in [0, 0.05) is 18.2 Å². The molecule has 0 amide bonds. The third-order valence-electron chi connectivity index (χ3n) is 3.83. The number of primary sulfonamides is 1. The maximum Gasteiger partial charge on any atom is 0.433 e. The SMILES string of the molecule is Cn1nc(-c2ccc(S(N)(=O)=O)cc2)c(-c2ccccc2)c1C(F)(F)F. The summed E-state index contributed by atoms with van der Waals surface area (Å²) in [7, 11) is -2.68. The van der Waals surface area contributed by atoms with Gasteiger partial charge in [-0.3, -0.25) is 4.68 Å². The van der Waals surface area contributed by atoms with Crippen LogP contribution in [0.2, 0.25) is 0 Å². The van der Waals surface area contributed by atoms with Crippen LogP contribution in [0.1, 0.15) is 5.69 Å². The minimum atomic E-state index is -4.61. The first-order valence-electron chi connectivity index (χ1n) is 7.42. The Kier molecular flexibility index (Phi) is 4.37. The Hall–Kier alpha value is -2.65. The van der Waals surface area contributed by atoms with E-state index >= 15 is 0 Å². The van der Waals surface area contributed by atoms with Crippen LogP contribution in [0.15, 0.2) is 59.5 Å². The first-order chi connectivity index (χ1) is 12.1. The molecule has 0 aliphatic carbocycles. The Morgan fingerprint density at radius 3 is 2.04 bits per heavy atom. The van der Waals surface area contributed by atoms with E-state index in [2.05, 4.69) is 5.10 Å². The summed E-state index contributed by atoms with van der Waals surface area (Å²) in [4.78, 5) is -0.130. The summed E-state index contributed by atoms with van der Waals surface area (Å²) < 4.78 is 64.3. The fourth-order valence-electron chi connectivity index (χ4n) is 2.73. The van der Waals surface area contributed by atoms with E-state index in [1.54, 1.807) is 30.3 Å². The molecule has 0 bridgehead atoms. The lowest BCUT2D eigenvalue weighted by Gasteiger charge is -2.11. The molecule has 0 aliphatic rings. The van der Waals surface area contributed by atoms with Crippen molar-refractivity contribution in [3.05, 3.63) is 60.3 Å². The Balaban J connectivity index is 2.26. The number of nitrogens with zero attached hydrogens (tertiary/aromatic N) is 2. The van der Waals surface area contributed by atoms with Gasteiger partial charge in [-0.15, -0.1) is 0 Å². The second-order valence-corrected chi connectivity index (χ2v) is 7.19. The average molecular weight is 381 g/mol. The van der Waals surface area contributed by atoms with Gasteiger partial charge in [0.2, 0.25) is 10.0 Å². The van der Waals surface area contributed by atoms with E-state index in [0.717, 1.165) is 4.68 Å². The summed E-state index contributed by atoms with van der Waals surface area (Å²) in [5.74, 6) is 0. The maximum absolute atomic E-state index is 13.6. The van der Waals surface area contributed by atoms with Crippen molar-refractivity contribution in [1.29, 1.82) is 0 Å². The van der Waals surface area contributed by atoms with Gasteiger partial charge < -0.3 is 0 Å². The molecular formula is C17H14F3N3O2S. The molecule has 0 fully saturated rings. The number of hydrogen-bond acceptors (Lipinski definition) is 3. The summed E-state index contributed by atoms with van der Waals surface area (Å²) in [6.07, 6.45) is -4.61. The van der Waals surface area contributed by atoms with E-state index in [1.807, 2.05) is 0 Å². The summed E-state index contributed by atoms with van der Waals surface area (Å²) in [5.41, 5.74) is -0.133. The molecule has 0 atom stereocenters. The van der Waals surface area contributed by atoms with Gasteiger partial charge in [0.15, 0.2) is 5.69 Å². The van der Waals surface area contributed by atoms with Crippen molar-refractivity contribution in [2.24, 2.45) is 12.2 Å². The molecule has 5 nitrogen and oxygen atoms in total. The van der Waals surface area contributed by atoms with Gasteiger partial charge in [0.25, 0.3) is 0 Å². The molecule has 0 saturated heterocycles. The van der Waals surface area contributed by atoms with E-state index in [4.69, 9.17) is 5.14 Å². The highest BCUT2D eigenvalue weighted by molar-refractivity contribution is 7.89. The summed E-state index contributed by atoms with van der Waals surface area (Å²) in [5, 5.41) is 9.09. The number of rotatable bonds is 3. The first kappa shape index (κ1) is 18.2. The number of benzene rings is 2. The topological polar surface area (TPSA) is 78.0 Å². The number of alkyl halides is 3. The molecule has 2 N–H and O–H groups in total. The number of sulfonamides is 1. The quantitative estimate of drug-likeness (QED) is 0.755. The van der Waals surface area contributed by atoms with E-state index in [0.29, 0.717) is 11.1 Å². The molecule has 2 aromatic carbocycles. The Morgan fingerprint density at radius 1 is 0.962 bits per heavy atom. The van der Waals surface area contributed by atoms with Gasteiger partial charge in [-0.25, -0.2) is 13.6 Å². The van der Waals surface area contributed by atoms with E-state index < -0.39 is 21.9 Å². The van der Waals surface area contributed by atoms with Crippen molar-refractivity contribution >= 4 is 10.0 Å². The highest BCUT2D eigenvalue weighted by Gasteiger charge is 2.39. The van der Waals surface area contributed by atoms with Crippen molar-refractivity contribution in [2.45, 2.75) is 11.1 Å². The van der Waals surface area contributed by atoms with Crippen LogP contribution in [-0.4, -0.2) is 18.2 Å². The molecule has 0 aliphatic heterocycles. The highest BCUT2D eigenvalue weighted by Crippen LogP contribution is 2.42. The smallest absolute Gasteiger partial charge is 0.262 e. The minimum Gasteiger partial charge on any atom is -0.262 e. The van der Waals surface area contributed by atoms with Crippen LogP contribution in [0.3, 0.4) is 0 Å². The molecule has 0 spiro atoms. The largest absolute Gasteiger partial charge is 0.433 e. The standard InChI is InChI=1S/C17H14F3N3O2S/c1-23-16(17(18,19)20)14(11-5-3-2-4-6-11)15(22-23)12-7-9-13(10-8-12)26(21,24)25/h2-10H,1H3,(H2,21,24,25). The number of halogens is 3. The zero-order valence-corrected chi connectivity index (χ0v) is 14.3. The molecule has 26 heavy (non-hydrogen) atoms. The third-order valence-corrected chi connectivity index (χ3v) is 4.76. The fourth-order valence-corrected chi connectivity index (χ4v) is 3.25. The number of aromatic nitrogens is 2. The Bertz CT molecular complexity index is 1040. The fraction of sp³-hybridized carbons (Fsp3) is 0.118. The maximum atomic E-state index is 13.6. The minimum absolute atomic E-state index is 0.0658. The van der Waals surface area contributed by atoms with E-state index in [-0.39, 0.29) is 16.2 Å². The lowest BCUT2D eigenvalue weighted by Crippen LogP contribution is -2.13. The highest BCUT2D eigenvalue weighted by atomic mass is 32.2. The van der Waals surface area contributed by atoms with Crippen molar-refractivity contribution in [2.75, 3.05) is 0 Å². The summed E-state index contributed by atoms with van der Waals surface area (Å²) in [6, 6.07) is 13.3. The Morgan fingerprint density at radius 2 is 1.54 bits per heavy atom. The first-order valence-corrected chi connectivity index (χ1v) is 8.96. The molecule has 136 valence electrons. The van der Waals surface area contributed by atoms with Crippen molar-refractivity contribution < 1.29 is 21.6 Å². The van der Waals surface area contributed by atoms with Crippen LogP contribution in [0.5, 0.6) is 0 Å². The molecule has 1 heterocycles. The normalized spacial score (nSPS) is 12.3. The summed E-state index contributed by atoms with van der Waals surface area (Å²) >= 11 is 0. The monoisotopic (exact) mass is 381 g/mol. The van der Waals surface area contributed by atoms with Crippen LogP contribution in [0.4, 0.5) is 13.2 Å². The molecule has 0 unspecified atom stereocenters. The molecule has 3 aromatic rings. The van der Waals surface area contributed by atoms with Gasteiger partial charge in [0.05, 0.1) is 4.90 Å². The van der Waals surface area contributed by atoms with Crippen molar-refractivity contribution in [3.63, 3.8) is 0 Å². The van der Waals surface area contributed by atoms with Crippen molar-refractivity contribution in [1.82, 2.24) is 9.78 Å². The molecule has 9 heteroatoms. The van der Waals surface area contributed by atoms with Crippen LogP contribution in [0.25, 0.3) is 22.4 Å². The number of hydrogen-bond donors (Lipinski definition) is 1. The molecule has 3 rings (SSSR count).